The monoisotopic (exact) mass is 199 g/mol. The normalized spacial score (nSPS) is 11.3. The fourth-order valence-electron chi connectivity index (χ4n) is 1.06. The van der Waals surface area contributed by atoms with Gasteiger partial charge in [0.25, 0.3) is 0 Å². The molecule has 0 saturated heterocycles. The third-order valence-corrected chi connectivity index (χ3v) is 3.36. The molecule has 0 aliphatic heterocycles. The van der Waals surface area contributed by atoms with Crippen molar-refractivity contribution in [3.63, 3.8) is 0 Å². The molecule has 72 valence electrons. The minimum Gasteiger partial charge on any atom is -0.495 e. The van der Waals surface area contributed by atoms with Gasteiger partial charge in [0.2, 0.25) is 0 Å². The van der Waals surface area contributed by atoms with Crippen molar-refractivity contribution in [1.29, 1.82) is 0 Å². The summed E-state index contributed by atoms with van der Waals surface area (Å²) in [6.45, 7) is 3.43. The molecule has 0 unspecified atom stereocenters. The largest absolute Gasteiger partial charge is 0.495 e. The van der Waals surface area contributed by atoms with Gasteiger partial charge in [0.15, 0.2) is 0 Å². The summed E-state index contributed by atoms with van der Waals surface area (Å²) in [7, 11) is -0.653. The molecule has 0 amide bonds. The Morgan fingerprint density at radius 1 is 1.38 bits per heavy atom. The maximum absolute atomic E-state index is 11.7. The van der Waals surface area contributed by atoms with E-state index in [-0.39, 0.29) is 0 Å². The lowest BCUT2D eigenvalue weighted by atomic mass is 10.3. The number of nitrogens with two attached hydrogens (primary N) is 1. The molecule has 1 rings (SSSR count). The average molecular weight is 199 g/mol. The highest BCUT2D eigenvalue weighted by Gasteiger charge is 2.12. The van der Waals surface area contributed by atoms with Crippen LogP contribution in [0.5, 0.6) is 5.75 Å². The van der Waals surface area contributed by atoms with Crippen molar-refractivity contribution in [2.45, 2.75) is 0 Å². The number of benzene rings is 1. The van der Waals surface area contributed by atoms with Crippen LogP contribution in [0.1, 0.15) is 0 Å². The summed E-state index contributed by atoms with van der Waals surface area (Å²) in [6, 6.07) is 5.24. The Balaban J connectivity index is 3.18. The molecular formula is C9H14NO2P. The van der Waals surface area contributed by atoms with Crippen LogP contribution in [0, 0.1) is 0 Å². The van der Waals surface area contributed by atoms with E-state index in [4.69, 9.17) is 10.5 Å². The molecule has 0 spiro atoms. The van der Waals surface area contributed by atoms with Gasteiger partial charge in [-0.05, 0) is 31.5 Å². The minimum absolute atomic E-state index is 0.531. The number of nitrogen functional groups attached to an aromatic ring is 1. The van der Waals surface area contributed by atoms with E-state index in [1.807, 2.05) is 0 Å². The number of ether oxygens (including phenoxy) is 1. The summed E-state index contributed by atoms with van der Waals surface area (Å²) >= 11 is 0. The van der Waals surface area contributed by atoms with Gasteiger partial charge in [-0.15, -0.1) is 0 Å². The predicted octanol–water partition coefficient (Wildman–Crippen LogP) is 1.53. The predicted molar refractivity (Wildman–Crippen MR) is 56.5 cm³/mol. The summed E-state index contributed by atoms with van der Waals surface area (Å²) in [4.78, 5) is 0. The standard InChI is InChI=1S/C9H14NO2P/c1-12-9-5-4-7(6-8(9)10)13(2,3)11/h4-6H,10H2,1-3H3. The van der Waals surface area contributed by atoms with Gasteiger partial charge in [0.1, 0.15) is 12.9 Å². The van der Waals surface area contributed by atoms with Crippen molar-refractivity contribution in [1.82, 2.24) is 0 Å². The fourth-order valence-corrected chi connectivity index (χ4v) is 1.94. The summed E-state index contributed by atoms with van der Waals surface area (Å²) in [5, 5.41) is 0.783. The zero-order chi connectivity index (χ0) is 10.1. The van der Waals surface area contributed by atoms with E-state index in [9.17, 15) is 4.57 Å². The van der Waals surface area contributed by atoms with Gasteiger partial charge in [-0.2, -0.15) is 0 Å². The molecule has 13 heavy (non-hydrogen) atoms. The molecule has 1 aromatic carbocycles. The Morgan fingerprint density at radius 2 is 2.00 bits per heavy atom. The SMILES string of the molecule is COc1ccc(P(C)(C)=O)cc1N. The zero-order valence-electron chi connectivity index (χ0n) is 8.07. The van der Waals surface area contributed by atoms with Crippen LogP contribution in [-0.2, 0) is 4.57 Å². The van der Waals surface area contributed by atoms with E-state index < -0.39 is 7.14 Å². The Labute approximate surface area is 78.3 Å². The van der Waals surface area contributed by atoms with Crippen LogP contribution in [-0.4, -0.2) is 20.4 Å². The lowest BCUT2D eigenvalue weighted by Crippen LogP contribution is -2.05. The Morgan fingerprint density at radius 3 is 2.38 bits per heavy atom. The second-order valence-electron chi connectivity index (χ2n) is 3.28. The van der Waals surface area contributed by atoms with Crippen LogP contribution in [0.25, 0.3) is 0 Å². The highest BCUT2D eigenvalue weighted by Crippen LogP contribution is 2.36. The van der Waals surface area contributed by atoms with Crippen LogP contribution in [0.3, 0.4) is 0 Å². The minimum atomic E-state index is -2.21. The van der Waals surface area contributed by atoms with Gasteiger partial charge in [-0.3, -0.25) is 0 Å². The van der Waals surface area contributed by atoms with E-state index in [1.54, 1.807) is 38.6 Å². The second-order valence-corrected chi connectivity index (χ2v) is 6.50. The van der Waals surface area contributed by atoms with E-state index >= 15 is 0 Å². The fraction of sp³-hybridized carbons (Fsp3) is 0.333. The molecule has 0 aromatic heterocycles. The first-order valence-corrected chi connectivity index (χ1v) is 6.54. The van der Waals surface area contributed by atoms with Gasteiger partial charge < -0.3 is 15.0 Å². The van der Waals surface area contributed by atoms with Gasteiger partial charge in [-0.1, -0.05) is 0 Å². The molecule has 2 N–H and O–H groups in total. The Kier molecular flexibility index (Phi) is 2.67. The molecule has 0 atom stereocenters. The number of anilines is 1. The van der Waals surface area contributed by atoms with Crippen molar-refractivity contribution >= 4 is 18.1 Å². The van der Waals surface area contributed by atoms with Crippen molar-refractivity contribution in [2.24, 2.45) is 0 Å². The van der Waals surface area contributed by atoms with Crippen LogP contribution in [0.2, 0.25) is 0 Å². The molecule has 0 bridgehead atoms. The number of rotatable bonds is 2. The number of hydrogen-bond acceptors (Lipinski definition) is 3. The van der Waals surface area contributed by atoms with Crippen molar-refractivity contribution in [3.8, 4) is 5.75 Å². The number of methoxy groups -OCH3 is 1. The van der Waals surface area contributed by atoms with Crippen LogP contribution >= 0.6 is 7.14 Å². The second kappa shape index (κ2) is 3.43. The Bertz CT molecular complexity index is 357. The Hall–Kier alpha value is -0.950. The van der Waals surface area contributed by atoms with Crippen LogP contribution in [0.15, 0.2) is 18.2 Å². The lowest BCUT2D eigenvalue weighted by molar-refractivity contribution is 0.417. The molecule has 0 aliphatic rings. The molecule has 0 fully saturated rings. The topological polar surface area (TPSA) is 52.3 Å². The molecule has 0 saturated carbocycles. The summed E-state index contributed by atoms with van der Waals surface area (Å²) in [5.41, 5.74) is 6.21. The van der Waals surface area contributed by atoms with Crippen molar-refractivity contribution in [2.75, 3.05) is 26.2 Å². The smallest absolute Gasteiger partial charge is 0.141 e. The van der Waals surface area contributed by atoms with Gasteiger partial charge >= 0.3 is 0 Å². The maximum Gasteiger partial charge on any atom is 0.141 e. The quantitative estimate of drug-likeness (QED) is 0.580. The molecule has 4 heteroatoms. The maximum atomic E-state index is 11.7. The van der Waals surface area contributed by atoms with Gasteiger partial charge in [0, 0.05) is 5.30 Å². The summed E-state index contributed by atoms with van der Waals surface area (Å²) < 4.78 is 16.7. The molecule has 1 aromatic rings. The van der Waals surface area contributed by atoms with E-state index in [0.29, 0.717) is 11.4 Å². The third-order valence-electron chi connectivity index (χ3n) is 1.84. The summed E-state index contributed by atoms with van der Waals surface area (Å²) in [6.07, 6.45) is 0. The van der Waals surface area contributed by atoms with E-state index in [2.05, 4.69) is 0 Å². The molecule has 0 radical (unpaired) electrons. The lowest BCUT2D eigenvalue weighted by Gasteiger charge is -2.09. The molecule has 3 nitrogen and oxygen atoms in total. The first kappa shape index (κ1) is 10.1. The summed E-state index contributed by atoms with van der Waals surface area (Å²) in [5.74, 6) is 0.622. The van der Waals surface area contributed by atoms with E-state index in [0.717, 1.165) is 5.30 Å². The van der Waals surface area contributed by atoms with Gasteiger partial charge in [-0.25, -0.2) is 0 Å². The van der Waals surface area contributed by atoms with Crippen molar-refractivity contribution < 1.29 is 9.30 Å². The van der Waals surface area contributed by atoms with Crippen molar-refractivity contribution in [3.05, 3.63) is 18.2 Å². The van der Waals surface area contributed by atoms with Crippen LogP contribution < -0.4 is 15.8 Å². The van der Waals surface area contributed by atoms with E-state index in [1.165, 1.54) is 0 Å². The first-order valence-electron chi connectivity index (χ1n) is 3.94. The molecular weight excluding hydrogens is 185 g/mol. The third kappa shape index (κ3) is 2.25. The molecule has 0 aliphatic carbocycles. The zero-order valence-corrected chi connectivity index (χ0v) is 8.97. The van der Waals surface area contributed by atoms with Crippen LogP contribution in [0.4, 0.5) is 5.69 Å². The number of hydrogen-bond donors (Lipinski definition) is 1. The van der Waals surface area contributed by atoms with Gasteiger partial charge in [0.05, 0.1) is 12.8 Å². The highest BCUT2D eigenvalue weighted by molar-refractivity contribution is 7.70. The first-order chi connectivity index (χ1) is 5.95. The highest BCUT2D eigenvalue weighted by atomic mass is 31.2. The average Bonchev–Trinajstić information content (AvgIpc) is 2.02. The molecule has 0 heterocycles.